The molecule has 0 aliphatic rings. The summed E-state index contributed by atoms with van der Waals surface area (Å²) >= 11 is 0. The first-order valence-electron chi connectivity index (χ1n) is 6.97. The topological polar surface area (TPSA) is 79.3 Å². The van der Waals surface area contributed by atoms with Gasteiger partial charge in [-0.2, -0.15) is 0 Å². The van der Waals surface area contributed by atoms with E-state index in [0.717, 1.165) is 12.0 Å². The Morgan fingerprint density at radius 1 is 1.38 bits per heavy atom. The molecule has 0 fully saturated rings. The van der Waals surface area contributed by atoms with Crippen molar-refractivity contribution in [2.24, 2.45) is 5.41 Å². The van der Waals surface area contributed by atoms with Gasteiger partial charge in [0.2, 0.25) is 5.91 Å². The second-order valence-electron chi connectivity index (χ2n) is 5.72. The van der Waals surface area contributed by atoms with Crippen LogP contribution in [-0.4, -0.2) is 28.5 Å². The van der Waals surface area contributed by atoms with E-state index in [9.17, 15) is 9.59 Å². The van der Waals surface area contributed by atoms with Gasteiger partial charge in [0, 0.05) is 31.4 Å². The minimum absolute atomic E-state index is 0.0985. The van der Waals surface area contributed by atoms with Crippen LogP contribution in [0.25, 0.3) is 6.08 Å². The van der Waals surface area contributed by atoms with E-state index in [4.69, 9.17) is 5.11 Å². The summed E-state index contributed by atoms with van der Waals surface area (Å²) in [4.78, 5) is 26.2. The highest BCUT2D eigenvalue weighted by atomic mass is 16.4. The molecule has 5 heteroatoms. The van der Waals surface area contributed by atoms with E-state index in [2.05, 4.69) is 10.3 Å². The molecule has 1 heterocycles. The number of carbonyl (C=O) groups excluding carboxylic acids is 1. The fraction of sp³-hybridized carbons (Fsp3) is 0.438. The normalized spacial score (nSPS) is 11.5. The van der Waals surface area contributed by atoms with Gasteiger partial charge in [0.05, 0.1) is 0 Å². The molecule has 0 aromatic carbocycles. The first-order valence-corrected chi connectivity index (χ1v) is 6.97. The zero-order chi connectivity index (χ0) is 15.7. The molecule has 5 nitrogen and oxygen atoms in total. The van der Waals surface area contributed by atoms with Crippen LogP contribution in [0.5, 0.6) is 0 Å². The molecule has 0 saturated carbocycles. The van der Waals surface area contributed by atoms with Gasteiger partial charge < -0.3 is 10.4 Å². The summed E-state index contributed by atoms with van der Waals surface area (Å²) in [5.41, 5.74) is 0.771. The lowest BCUT2D eigenvalue weighted by Gasteiger charge is -2.23. The largest absolute Gasteiger partial charge is 0.481 e. The van der Waals surface area contributed by atoms with Crippen molar-refractivity contribution in [2.75, 3.05) is 6.54 Å². The lowest BCUT2D eigenvalue weighted by atomic mass is 9.84. The molecule has 0 unspecified atom stereocenters. The molecule has 1 amide bonds. The average molecular weight is 290 g/mol. The number of nitrogens with zero attached hydrogens (tertiary/aromatic N) is 1. The molecule has 2 N–H and O–H groups in total. The summed E-state index contributed by atoms with van der Waals surface area (Å²) in [6.07, 6.45) is 8.03. The lowest BCUT2D eigenvalue weighted by molar-refractivity contribution is -0.137. The van der Waals surface area contributed by atoms with Crippen LogP contribution in [0.15, 0.2) is 30.6 Å². The van der Waals surface area contributed by atoms with Gasteiger partial charge in [-0.3, -0.25) is 14.6 Å². The van der Waals surface area contributed by atoms with E-state index in [-0.39, 0.29) is 17.7 Å². The Balaban J connectivity index is 2.30. The smallest absolute Gasteiger partial charge is 0.303 e. The first kappa shape index (κ1) is 16.9. The molecule has 0 bridgehead atoms. The second-order valence-corrected chi connectivity index (χ2v) is 5.72. The van der Waals surface area contributed by atoms with Crippen LogP contribution in [0, 0.1) is 5.41 Å². The van der Waals surface area contributed by atoms with Gasteiger partial charge >= 0.3 is 5.97 Å². The highest BCUT2D eigenvalue weighted by molar-refractivity contribution is 5.91. The van der Waals surface area contributed by atoms with E-state index in [1.54, 1.807) is 18.5 Å². The fourth-order valence-corrected chi connectivity index (χ4v) is 1.80. The summed E-state index contributed by atoms with van der Waals surface area (Å²) in [7, 11) is 0. The Bertz CT molecular complexity index is 496. The van der Waals surface area contributed by atoms with Crippen LogP contribution in [0.3, 0.4) is 0 Å². The number of amides is 1. The van der Waals surface area contributed by atoms with Gasteiger partial charge in [-0.05, 0) is 36.0 Å². The van der Waals surface area contributed by atoms with E-state index < -0.39 is 5.97 Å². The summed E-state index contributed by atoms with van der Waals surface area (Å²) in [6.45, 7) is 4.55. The maximum absolute atomic E-state index is 11.7. The predicted octanol–water partition coefficient (Wildman–Crippen LogP) is 2.49. The number of hydrogen-bond acceptors (Lipinski definition) is 3. The number of carbonyl (C=O) groups is 2. The SMILES string of the molecule is CC(C)(CCNC(=O)C=Cc1cccnc1)CCC(=O)O. The number of aromatic nitrogens is 1. The second kappa shape index (κ2) is 8.19. The van der Waals surface area contributed by atoms with E-state index in [1.165, 1.54) is 6.08 Å². The van der Waals surface area contributed by atoms with Gasteiger partial charge in [-0.15, -0.1) is 0 Å². The van der Waals surface area contributed by atoms with Crippen molar-refractivity contribution in [1.82, 2.24) is 10.3 Å². The highest BCUT2D eigenvalue weighted by Crippen LogP contribution is 2.25. The van der Waals surface area contributed by atoms with Crippen molar-refractivity contribution in [3.05, 3.63) is 36.2 Å². The number of pyridine rings is 1. The van der Waals surface area contributed by atoms with Crippen LogP contribution in [-0.2, 0) is 9.59 Å². The maximum Gasteiger partial charge on any atom is 0.303 e. The van der Waals surface area contributed by atoms with E-state index in [0.29, 0.717) is 13.0 Å². The third-order valence-electron chi connectivity index (χ3n) is 3.23. The Labute approximate surface area is 125 Å². The van der Waals surface area contributed by atoms with Crippen LogP contribution in [0.1, 0.15) is 38.7 Å². The van der Waals surface area contributed by atoms with Gasteiger partial charge in [0.1, 0.15) is 0 Å². The van der Waals surface area contributed by atoms with Crippen LogP contribution in [0.4, 0.5) is 0 Å². The summed E-state index contributed by atoms with van der Waals surface area (Å²) in [5.74, 6) is -0.945. The van der Waals surface area contributed by atoms with Crippen molar-refractivity contribution in [2.45, 2.75) is 33.1 Å². The van der Waals surface area contributed by atoms with Crippen LogP contribution in [0.2, 0.25) is 0 Å². The zero-order valence-electron chi connectivity index (χ0n) is 12.5. The molecular weight excluding hydrogens is 268 g/mol. The number of carboxylic acids is 1. The van der Waals surface area contributed by atoms with Crippen LogP contribution < -0.4 is 5.32 Å². The number of rotatable bonds is 8. The Morgan fingerprint density at radius 3 is 2.76 bits per heavy atom. The van der Waals surface area contributed by atoms with Gasteiger partial charge in [-0.25, -0.2) is 0 Å². The fourth-order valence-electron chi connectivity index (χ4n) is 1.80. The summed E-state index contributed by atoms with van der Waals surface area (Å²) in [6, 6.07) is 3.67. The van der Waals surface area contributed by atoms with Crippen molar-refractivity contribution in [3.63, 3.8) is 0 Å². The number of hydrogen-bond donors (Lipinski definition) is 2. The maximum atomic E-state index is 11.7. The molecule has 0 radical (unpaired) electrons. The van der Waals surface area contributed by atoms with Crippen molar-refractivity contribution < 1.29 is 14.7 Å². The summed E-state index contributed by atoms with van der Waals surface area (Å²) < 4.78 is 0. The predicted molar refractivity (Wildman–Crippen MR) is 81.5 cm³/mol. The van der Waals surface area contributed by atoms with Crippen molar-refractivity contribution in [1.29, 1.82) is 0 Å². The summed E-state index contributed by atoms with van der Waals surface area (Å²) in [5, 5.41) is 11.5. The molecule has 0 atom stereocenters. The molecule has 1 aromatic rings. The molecule has 1 aromatic heterocycles. The number of nitrogens with one attached hydrogen (secondary N) is 1. The van der Waals surface area contributed by atoms with Crippen LogP contribution >= 0.6 is 0 Å². The third kappa shape index (κ3) is 7.87. The lowest BCUT2D eigenvalue weighted by Crippen LogP contribution is -2.27. The first-order chi connectivity index (χ1) is 9.89. The quantitative estimate of drug-likeness (QED) is 0.721. The number of aliphatic carboxylic acids is 1. The molecule has 21 heavy (non-hydrogen) atoms. The van der Waals surface area contributed by atoms with Gasteiger partial charge in [0.15, 0.2) is 0 Å². The molecule has 0 aliphatic carbocycles. The van der Waals surface area contributed by atoms with Gasteiger partial charge in [-0.1, -0.05) is 19.9 Å². The Morgan fingerprint density at radius 2 is 2.14 bits per heavy atom. The van der Waals surface area contributed by atoms with E-state index >= 15 is 0 Å². The van der Waals surface area contributed by atoms with Gasteiger partial charge in [0.25, 0.3) is 0 Å². The van der Waals surface area contributed by atoms with Crippen molar-refractivity contribution in [3.8, 4) is 0 Å². The molecule has 114 valence electrons. The molecular formula is C16H22N2O3. The third-order valence-corrected chi connectivity index (χ3v) is 3.23. The Hall–Kier alpha value is -2.17. The zero-order valence-corrected chi connectivity index (χ0v) is 12.5. The Kier molecular flexibility index (Phi) is 6.59. The van der Waals surface area contributed by atoms with E-state index in [1.807, 2.05) is 26.0 Å². The molecule has 0 aliphatic heterocycles. The highest BCUT2D eigenvalue weighted by Gasteiger charge is 2.18. The average Bonchev–Trinajstić information content (AvgIpc) is 2.44. The number of carboxylic acid groups (broad SMARTS) is 1. The monoisotopic (exact) mass is 290 g/mol. The molecule has 1 rings (SSSR count). The minimum atomic E-state index is -0.786. The minimum Gasteiger partial charge on any atom is -0.481 e. The molecule has 0 saturated heterocycles. The van der Waals surface area contributed by atoms with Crippen molar-refractivity contribution >= 4 is 18.0 Å². The molecule has 0 spiro atoms. The standard InChI is InChI=1S/C16H22N2O3/c1-16(2,8-7-15(20)21)9-11-18-14(19)6-5-13-4-3-10-17-12-13/h3-6,10,12H,7-9,11H2,1-2H3,(H,18,19)(H,20,21).